The first-order valence-corrected chi connectivity index (χ1v) is 5.80. The third-order valence-corrected chi connectivity index (χ3v) is 3.03. The number of rotatable bonds is 2. The first-order valence-electron chi connectivity index (χ1n) is 5.80. The smallest absolute Gasteiger partial charge is 0.267 e. The van der Waals surface area contributed by atoms with Crippen molar-refractivity contribution in [1.82, 2.24) is 10.3 Å². The second-order valence-electron chi connectivity index (χ2n) is 4.25. The van der Waals surface area contributed by atoms with Crippen LogP contribution in [0.5, 0.6) is 0 Å². The molecule has 3 heteroatoms. The molecular formula is C12H18N2O. The molecule has 1 aliphatic carbocycles. The number of amides is 1. The van der Waals surface area contributed by atoms with Gasteiger partial charge < -0.3 is 10.3 Å². The van der Waals surface area contributed by atoms with Gasteiger partial charge in [0.15, 0.2) is 0 Å². The monoisotopic (exact) mass is 206 g/mol. The van der Waals surface area contributed by atoms with Gasteiger partial charge in [-0.15, -0.1) is 0 Å². The van der Waals surface area contributed by atoms with Gasteiger partial charge in [-0.1, -0.05) is 25.7 Å². The molecule has 0 bridgehead atoms. The summed E-state index contributed by atoms with van der Waals surface area (Å²) < 4.78 is 0. The summed E-state index contributed by atoms with van der Waals surface area (Å²) >= 11 is 0. The Morgan fingerprint density at radius 3 is 2.60 bits per heavy atom. The molecule has 2 rings (SSSR count). The van der Waals surface area contributed by atoms with Crippen molar-refractivity contribution < 1.29 is 4.79 Å². The van der Waals surface area contributed by atoms with Gasteiger partial charge in [-0.2, -0.15) is 0 Å². The maximum atomic E-state index is 11.7. The van der Waals surface area contributed by atoms with Crippen LogP contribution in [0, 0.1) is 0 Å². The molecular weight excluding hydrogens is 188 g/mol. The molecule has 15 heavy (non-hydrogen) atoms. The number of nitrogens with one attached hydrogen (secondary N) is 2. The van der Waals surface area contributed by atoms with E-state index in [0.29, 0.717) is 11.7 Å². The largest absolute Gasteiger partial charge is 0.357 e. The van der Waals surface area contributed by atoms with Crippen LogP contribution < -0.4 is 5.32 Å². The van der Waals surface area contributed by atoms with Gasteiger partial charge in [0.2, 0.25) is 0 Å². The Hall–Kier alpha value is -1.25. The summed E-state index contributed by atoms with van der Waals surface area (Å²) in [5.74, 6) is 0.0342. The predicted molar refractivity (Wildman–Crippen MR) is 59.7 cm³/mol. The van der Waals surface area contributed by atoms with Gasteiger partial charge in [0.25, 0.3) is 5.91 Å². The van der Waals surface area contributed by atoms with Crippen molar-refractivity contribution in [1.29, 1.82) is 0 Å². The lowest BCUT2D eigenvalue weighted by atomic mass is 10.1. The lowest BCUT2D eigenvalue weighted by molar-refractivity contribution is 0.0929. The Kier molecular flexibility index (Phi) is 3.43. The predicted octanol–water partition coefficient (Wildman–Crippen LogP) is 2.47. The van der Waals surface area contributed by atoms with E-state index < -0.39 is 0 Å². The maximum Gasteiger partial charge on any atom is 0.267 e. The number of hydrogen-bond acceptors (Lipinski definition) is 1. The van der Waals surface area contributed by atoms with Gasteiger partial charge in [0.05, 0.1) is 0 Å². The Morgan fingerprint density at radius 2 is 2.00 bits per heavy atom. The molecule has 1 aliphatic rings. The standard InChI is InChI=1S/C12H18N2O/c15-12(11-8-5-9-13-11)14-10-6-3-1-2-4-7-10/h5,8-10,13H,1-4,6-7H2,(H,14,15). The molecule has 0 unspecified atom stereocenters. The normalized spacial score (nSPS) is 18.4. The third-order valence-electron chi connectivity index (χ3n) is 3.03. The van der Waals surface area contributed by atoms with E-state index in [-0.39, 0.29) is 5.91 Å². The molecule has 1 fully saturated rings. The van der Waals surface area contributed by atoms with E-state index in [2.05, 4.69) is 10.3 Å². The van der Waals surface area contributed by atoms with Crippen molar-refractivity contribution in [3.63, 3.8) is 0 Å². The quantitative estimate of drug-likeness (QED) is 0.717. The minimum absolute atomic E-state index is 0.0342. The average molecular weight is 206 g/mol. The summed E-state index contributed by atoms with van der Waals surface area (Å²) in [5, 5.41) is 3.09. The zero-order chi connectivity index (χ0) is 10.5. The van der Waals surface area contributed by atoms with E-state index in [1.54, 1.807) is 6.20 Å². The molecule has 82 valence electrons. The van der Waals surface area contributed by atoms with Crippen LogP contribution in [0.1, 0.15) is 49.0 Å². The van der Waals surface area contributed by atoms with Crippen LogP contribution in [0.4, 0.5) is 0 Å². The fraction of sp³-hybridized carbons (Fsp3) is 0.583. The number of aromatic amines is 1. The van der Waals surface area contributed by atoms with Crippen LogP contribution in [0.15, 0.2) is 18.3 Å². The van der Waals surface area contributed by atoms with Gasteiger partial charge in [0, 0.05) is 12.2 Å². The fourth-order valence-corrected chi connectivity index (χ4v) is 2.16. The molecule has 0 radical (unpaired) electrons. The minimum atomic E-state index is 0.0342. The Morgan fingerprint density at radius 1 is 1.27 bits per heavy atom. The Bertz CT molecular complexity index is 297. The topological polar surface area (TPSA) is 44.9 Å². The molecule has 0 aromatic carbocycles. The van der Waals surface area contributed by atoms with E-state index in [4.69, 9.17) is 0 Å². The second kappa shape index (κ2) is 5.01. The maximum absolute atomic E-state index is 11.7. The van der Waals surface area contributed by atoms with E-state index in [0.717, 1.165) is 12.8 Å². The van der Waals surface area contributed by atoms with Crippen molar-refractivity contribution >= 4 is 5.91 Å². The Balaban J connectivity index is 1.87. The molecule has 2 N–H and O–H groups in total. The number of aromatic nitrogens is 1. The summed E-state index contributed by atoms with van der Waals surface area (Å²) in [6.45, 7) is 0. The van der Waals surface area contributed by atoms with Crippen LogP contribution in [0.25, 0.3) is 0 Å². The summed E-state index contributed by atoms with van der Waals surface area (Å²) in [5.41, 5.74) is 0.666. The summed E-state index contributed by atoms with van der Waals surface area (Å²) in [6.07, 6.45) is 9.16. The molecule has 0 saturated heterocycles. The number of hydrogen-bond donors (Lipinski definition) is 2. The van der Waals surface area contributed by atoms with Gasteiger partial charge in [-0.05, 0) is 25.0 Å². The van der Waals surface area contributed by atoms with Crippen molar-refractivity contribution in [3.05, 3.63) is 24.0 Å². The molecule has 1 amide bonds. The van der Waals surface area contributed by atoms with Gasteiger partial charge in [0.1, 0.15) is 5.69 Å². The van der Waals surface area contributed by atoms with E-state index >= 15 is 0 Å². The summed E-state index contributed by atoms with van der Waals surface area (Å²) in [6, 6.07) is 4.04. The van der Waals surface area contributed by atoms with Crippen molar-refractivity contribution in [2.24, 2.45) is 0 Å². The molecule has 1 aromatic heterocycles. The van der Waals surface area contributed by atoms with Crippen molar-refractivity contribution in [2.75, 3.05) is 0 Å². The van der Waals surface area contributed by atoms with E-state index in [9.17, 15) is 4.79 Å². The van der Waals surface area contributed by atoms with Gasteiger partial charge in [-0.3, -0.25) is 4.79 Å². The van der Waals surface area contributed by atoms with Crippen molar-refractivity contribution in [3.8, 4) is 0 Å². The zero-order valence-electron chi connectivity index (χ0n) is 8.96. The Labute approximate surface area is 90.3 Å². The van der Waals surface area contributed by atoms with E-state index in [1.807, 2.05) is 12.1 Å². The third kappa shape index (κ3) is 2.85. The second-order valence-corrected chi connectivity index (χ2v) is 4.25. The number of carbonyl (C=O) groups excluding carboxylic acids is 1. The van der Waals surface area contributed by atoms with Gasteiger partial charge >= 0.3 is 0 Å². The average Bonchev–Trinajstić information content (AvgIpc) is 2.65. The highest BCUT2D eigenvalue weighted by atomic mass is 16.1. The fourth-order valence-electron chi connectivity index (χ4n) is 2.16. The first-order chi connectivity index (χ1) is 7.36. The summed E-state index contributed by atoms with van der Waals surface area (Å²) in [4.78, 5) is 14.7. The SMILES string of the molecule is O=C(NC1CCCCCC1)c1ccc[nH]1. The van der Waals surface area contributed by atoms with Gasteiger partial charge in [-0.25, -0.2) is 0 Å². The minimum Gasteiger partial charge on any atom is -0.357 e. The highest BCUT2D eigenvalue weighted by molar-refractivity contribution is 5.92. The van der Waals surface area contributed by atoms with Crippen LogP contribution in [0.2, 0.25) is 0 Å². The molecule has 1 aromatic rings. The molecule has 3 nitrogen and oxygen atoms in total. The highest BCUT2D eigenvalue weighted by Crippen LogP contribution is 2.17. The zero-order valence-corrected chi connectivity index (χ0v) is 8.96. The number of carbonyl (C=O) groups is 1. The summed E-state index contributed by atoms with van der Waals surface area (Å²) in [7, 11) is 0. The van der Waals surface area contributed by atoms with Crippen LogP contribution >= 0.6 is 0 Å². The van der Waals surface area contributed by atoms with Crippen LogP contribution in [0.3, 0.4) is 0 Å². The molecule has 0 atom stereocenters. The molecule has 0 spiro atoms. The lowest BCUT2D eigenvalue weighted by Gasteiger charge is -2.15. The highest BCUT2D eigenvalue weighted by Gasteiger charge is 2.15. The number of H-pyrrole nitrogens is 1. The first kappa shape index (κ1) is 10.3. The van der Waals surface area contributed by atoms with E-state index in [1.165, 1.54) is 25.7 Å². The molecule has 0 aliphatic heterocycles. The molecule has 1 heterocycles. The lowest BCUT2D eigenvalue weighted by Crippen LogP contribution is -2.34. The van der Waals surface area contributed by atoms with Crippen molar-refractivity contribution in [2.45, 2.75) is 44.6 Å². The van der Waals surface area contributed by atoms with Crippen LogP contribution in [-0.2, 0) is 0 Å². The molecule has 1 saturated carbocycles. The van der Waals surface area contributed by atoms with Crippen LogP contribution in [-0.4, -0.2) is 16.9 Å².